The van der Waals surface area contributed by atoms with Crippen molar-refractivity contribution < 1.29 is 14.3 Å². The Morgan fingerprint density at radius 1 is 1.06 bits per heavy atom. The molecule has 0 aliphatic carbocycles. The number of carbonyl (C=O) groups is 2. The second-order valence-electron chi connectivity index (χ2n) is 7.03. The Balaban J connectivity index is 1.53. The largest absolute Gasteiger partial charge is 0.489 e. The van der Waals surface area contributed by atoms with Crippen LogP contribution in [0.2, 0.25) is 10.0 Å². The van der Waals surface area contributed by atoms with Gasteiger partial charge in [0.15, 0.2) is 0 Å². The molecule has 0 bridgehead atoms. The molecular formula is C23H18Cl2N2O3S. The van der Waals surface area contributed by atoms with Gasteiger partial charge in [0.2, 0.25) is 0 Å². The van der Waals surface area contributed by atoms with Crippen molar-refractivity contribution in [3.8, 4) is 11.4 Å². The zero-order valence-electron chi connectivity index (χ0n) is 16.7. The summed E-state index contributed by atoms with van der Waals surface area (Å²) in [5, 5.41) is 3.09. The molecule has 4 rings (SSSR count). The van der Waals surface area contributed by atoms with E-state index in [9.17, 15) is 9.59 Å². The molecule has 0 unspecified atom stereocenters. The summed E-state index contributed by atoms with van der Waals surface area (Å²) in [4.78, 5) is 23.6. The van der Waals surface area contributed by atoms with Gasteiger partial charge in [0.25, 0.3) is 11.1 Å². The van der Waals surface area contributed by atoms with Gasteiger partial charge in [-0.15, -0.1) is 0 Å². The number of rotatable bonds is 5. The van der Waals surface area contributed by atoms with Crippen molar-refractivity contribution in [2.75, 3.05) is 0 Å². The molecule has 31 heavy (non-hydrogen) atoms. The van der Waals surface area contributed by atoms with Crippen molar-refractivity contribution in [3.05, 3.63) is 86.0 Å². The Labute approximate surface area is 194 Å². The summed E-state index contributed by atoms with van der Waals surface area (Å²) < 4.78 is 7.94. The van der Waals surface area contributed by atoms with Crippen molar-refractivity contribution in [2.45, 2.75) is 20.5 Å². The summed E-state index contributed by atoms with van der Waals surface area (Å²) in [6.07, 6.45) is 1.75. The van der Waals surface area contributed by atoms with Gasteiger partial charge in [-0.25, -0.2) is 0 Å². The first-order chi connectivity index (χ1) is 14.8. The maximum Gasteiger partial charge on any atom is 0.290 e. The van der Waals surface area contributed by atoms with E-state index in [1.807, 2.05) is 50.2 Å². The molecule has 0 radical (unpaired) electrons. The molecule has 1 fully saturated rings. The van der Waals surface area contributed by atoms with Gasteiger partial charge in [-0.1, -0.05) is 29.3 Å². The first kappa shape index (κ1) is 21.6. The zero-order chi connectivity index (χ0) is 22.1. The van der Waals surface area contributed by atoms with Gasteiger partial charge in [-0.3, -0.25) is 14.9 Å². The molecule has 2 amide bonds. The van der Waals surface area contributed by atoms with Crippen molar-refractivity contribution in [3.63, 3.8) is 0 Å². The Morgan fingerprint density at radius 3 is 2.45 bits per heavy atom. The highest BCUT2D eigenvalue weighted by Gasteiger charge is 2.25. The van der Waals surface area contributed by atoms with Crippen LogP contribution in [0, 0.1) is 13.8 Å². The van der Waals surface area contributed by atoms with Gasteiger partial charge in [-0.05, 0) is 79.7 Å². The number of aryl methyl sites for hydroxylation is 1. The number of thioether (sulfide) groups is 1. The minimum Gasteiger partial charge on any atom is -0.489 e. The third-order valence-electron chi connectivity index (χ3n) is 4.90. The molecule has 5 nitrogen and oxygen atoms in total. The highest BCUT2D eigenvalue weighted by atomic mass is 35.5. The number of imide groups is 1. The van der Waals surface area contributed by atoms with Gasteiger partial charge in [0.05, 0.1) is 4.91 Å². The molecule has 0 spiro atoms. The second-order valence-corrected chi connectivity index (χ2v) is 8.89. The smallest absolute Gasteiger partial charge is 0.290 e. The van der Waals surface area contributed by atoms with E-state index in [0.717, 1.165) is 45.7 Å². The number of nitrogens with zero attached hydrogens (tertiary/aromatic N) is 1. The molecule has 1 N–H and O–H groups in total. The Hall–Kier alpha value is -2.67. The minimum absolute atomic E-state index is 0.340. The predicted molar refractivity (Wildman–Crippen MR) is 125 cm³/mol. The third kappa shape index (κ3) is 4.66. The summed E-state index contributed by atoms with van der Waals surface area (Å²) in [5.41, 5.74) is 4.70. The molecule has 158 valence electrons. The van der Waals surface area contributed by atoms with Crippen LogP contribution >= 0.6 is 35.0 Å². The molecule has 0 saturated carbocycles. The van der Waals surface area contributed by atoms with E-state index in [1.165, 1.54) is 0 Å². The van der Waals surface area contributed by atoms with E-state index in [-0.39, 0.29) is 11.1 Å². The Morgan fingerprint density at radius 2 is 1.81 bits per heavy atom. The molecule has 3 aromatic rings. The summed E-state index contributed by atoms with van der Waals surface area (Å²) in [6, 6.07) is 15.0. The number of hydrogen-bond donors (Lipinski definition) is 1. The lowest BCUT2D eigenvalue weighted by Gasteiger charge is -2.12. The molecule has 1 aliphatic heterocycles. The molecular weight excluding hydrogens is 455 g/mol. The quantitative estimate of drug-likeness (QED) is 0.442. The van der Waals surface area contributed by atoms with Crippen LogP contribution < -0.4 is 10.1 Å². The van der Waals surface area contributed by atoms with Crippen LogP contribution in [0.3, 0.4) is 0 Å². The number of ether oxygens (including phenoxy) is 1. The summed E-state index contributed by atoms with van der Waals surface area (Å²) in [7, 11) is 0. The van der Waals surface area contributed by atoms with Gasteiger partial charge in [0, 0.05) is 32.7 Å². The minimum atomic E-state index is -0.359. The predicted octanol–water partition coefficient (Wildman–Crippen LogP) is 6.30. The van der Waals surface area contributed by atoms with Crippen LogP contribution in [0.1, 0.15) is 22.5 Å². The van der Waals surface area contributed by atoms with Crippen molar-refractivity contribution >= 4 is 52.2 Å². The topological polar surface area (TPSA) is 60.3 Å². The average Bonchev–Trinajstić information content (AvgIpc) is 3.19. The van der Waals surface area contributed by atoms with Crippen molar-refractivity contribution in [1.82, 2.24) is 9.88 Å². The van der Waals surface area contributed by atoms with E-state index < -0.39 is 0 Å². The maximum absolute atomic E-state index is 11.8. The summed E-state index contributed by atoms with van der Waals surface area (Å²) in [5.74, 6) is 0.360. The van der Waals surface area contributed by atoms with Crippen LogP contribution in [0.25, 0.3) is 11.8 Å². The number of nitrogens with one attached hydrogen (secondary N) is 1. The van der Waals surface area contributed by atoms with Gasteiger partial charge in [0.1, 0.15) is 12.4 Å². The van der Waals surface area contributed by atoms with Crippen LogP contribution in [0.4, 0.5) is 4.79 Å². The molecule has 1 aromatic heterocycles. The SMILES string of the molecule is Cc1cc(/C=C2\SC(=O)NC2=O)c(C)n1-c1ccc(OCc2ccc(Cl)cc2Cl)cc1. The molecule has 2 aromatic carbocycles. The maximum atomic E-state index is 11.8. The lowest BCUT2D eigenvalue weighted by Crippen LogP contribution is -2.17. The van der Waals surface area contributed by atoms with Gasteiger partial charge < -0.3 is 9.30 Å². The number of benzene rings is 2. The van der Waals surface area contributed by atoms with Crippen LogP contribution in [0.5, 0.6) is 5.75 Å². The highest BCUT2D eigenvalue weighted by Crippen LogP contribution is 2.30. The fourth-order valence-corrected chi connectivity index (χ4v) is 4.52. The standard InChI is InChI=1S/C23H18Cl2N2O3S/c1-13-9-16(10-21-22(28)26-23(29)31-21)14(2)27(13)18-5-7-19(8-6-18)30-12-15-3-4-17(24)11-20(15)25/h3-11H,12H2,1-2H3,(H,26,28,29)/b21-10-. The first-order valence-electron chi connectivity index (χ1n) is 9.43. The van der Waals surface area contributed by atoms with E-state index in [1.54, 1.807) is 18.2 Å². The monoisotopic (exact) mass is 472 g/mol. The van der Waals surface area contributed by atoms with Crippen molar-refractivity contribution in [1.29, 1.82) is 0 Å². The van der Waals surface area contributed by atoms with Gasteiger partial charge >= 0.3 is 0 Å². The summed E-state index contributed by atoms with van der Waals surface area (Å²) in [6.45, 7) is 4.31. The fourth-order valence-electron chi connectivity index (χ4n) is 3.38. The van der Waals surface area contributed by atoms with Gasteiger partial charge in [-0.2, -0.15) is 0 Å². The molecule has 8 heteroatoms. The van der Waals surface area contributed by atoms with Crippen LogP contribution in [-0.2, 0) is 11.4 Å². The second kappa shape index (κ2) is 8.83. The number of amides is 2. The summed E-state index contributed by atoms with van der Waals surface area (Å²) >= 11 is 13.0. The zero-order valence-corrected chi connectivity index (χ0v) is 19.1. The normalized spacial score (nSPS) is 14.9. The highest BCUT2D eigenvalue weighted by molar-refractivity contribution is 8.18. The third-order valence-corrected chi connectivity index (χ3v) is 6.30. The molecule has 2 heterocycles. The number of hydrogen-bond acceptors (Lipinski definition) is 4. The Kier molecular flexibility index (Phi) is 6.14. The Bertz CT molecular complexity index is 1220. The van der Waals surface area contributed by atoms with E-state index in [0.29, 0.717) is 21.6 Å². The lowest BCUT2D eigenvalue weighted by molar-refractivity contribution is -0.115. The molecule has 1 aliphatic rings. The van der Waals surface area contributed by atoms with Crippen LogP contribution in [-0.4, -0.2) is 15.7 Å². The first-order valence-corrected chi connectivity index (χ1v) is 11.0. The fraction of sp³-hybridized carbons (Fsp3) is 0.130. The van der Waals surface area contributed by atoms with E-state index in [4.69, 9.17) is 27.9 Å². The molecule has 1 saturated heterocycles. The van der Waals surface area contributed by atoms with Crippen LogP contribution in [0.15, 0.2) is 53.4 Å². The van der Waals surface area contributed by atoms with E-state index >= 15 is 0 Å². The van der Waals surface area contributed by atoms with Crippen molar-refractivity contribution in [2.24, 2.45) is 0 Å². The molecule has 0 atom stereocenters. The average molecular weight is 473 g/mol. The lowest BCUT2D eigenvalue weighted by atomic mass is 10.2. The number of carbonyl (C=O) groups excluding carboxylic acids is 2. The van der Waals surface area contributed by atoms with E-state index in [2.05, 4.69) is 9.88 Å². The number of aromatic nitrogens is 1. The number of halogens is 2.